The van der Waals surface area contributed by atoms with Crippen LogP contribution in [-0.4, -0.2) is 45.2 Å². The molecule has 0 saturated heterocycles. The van der Waals surface area contributed by atoms with E-state index in [4.69, 9.17) is 5.73 Å². The molecule has 0 aliphatic heterocycles. The molecule has 0 radical (unpaired) electrons. The fourth-order valence-corrected chi connectivity index (χ4v) is 4.69. The molecule has 0 aromatic heterocycles. The average Bonchev–Trinajstić information content (AvgIpc) is 2.83. The molecule has 2 atom stereocenters. The van der Waals surface area contributed by atoms with Crippen LogP contribution in [0.4, 0.5) is 5.69 Å². The molecular formula is C25H29N3O4S. The number of anilines is 1. The topological polar surface area (TPSA) is 113 Å². The lowest BCUT2D eigenvalue weighted by molar-refractivity contribution is 0.0845. The summed E-state index contributed by atoms with van der Waals surface area (Å²) in [4.78, 5) is 13.0. The first kappa shape index (κ1) is 24.4. The Morgan fingerprint density at radius 1 is 0.970 bits per heavy atom. The number of rotatable bonds is 10. The number of hydrogen-bond donors (Lipinski definition) is 3. The van der Waals surface area contributed by atoms with Gasteiger partial charge in [0.15, 0.2) is 0 Å². The number of carbonyl (C=O) groups excluding carboxylic acids is 1. The number of nitrogens with one attached hydrogen (secondary N) is 1. The van der Waals surface area contributed by atoms with Gasteiger partial charge in [-0.3, -0.25) is 9.10 Å². The summed E-state index contributed by atoms with van der Waals surface area (Å²) in [7, 11) is -2.18. The Bertz CT molecular complexity index is 1150. The van der Waals surface area contributed by atoms with Crippen molar-refractivity contribution in [3.05, 3.63) is 102 Å². The standard InChI is InChI=1S/C25H29N3O4S/c1-28(33(31,32)18-20-11-6-3-7-12-20)22-14-8-13-21(16-22)25(30)27-23(24(29)17-26)15-19-9-4-2-5-10-19/h2-14,16,23-24,29H,15,17-18,26H2,1H3,(H,27,30)/t23-,24+/m0/s1. The predicted molar refractivity (Wildman–Crippen MR) is 130 cm³/mol. The van der Waals surface area contributed by atoms with Gasteiger partial charge in [0.05, 0.1) is 23.6 Å². The first-order valence-electron chi connectivity index (χ1n) is 10.6. The van der Waals surface area contributed by atoms with Gasteiger partial charge in [-0.2, -0.15) is 0 Å². The van der Waals surface area contributed by atoms with Crippen LogP contribution >= 0.6 is 0 Å². The highest BCUT2D eigenvalue weighted by Crippen LogP contribution is 2.21. The summed E-state index contributed by atoms with van der Waals surface area (Å²) >= 11 is 0. The molecular weight excluding hydrogens is 438 g/mol. The van der Waals surface area contributed by atoms with E-state index in [0.29, 0.717) is 17.7 Å². The number of hydrogen-bond acceptors (Lipinski definition) is 5. The highest BCUT2D eigenvalue weighted by atomic mass is 32.2. The second kappa shape index (κ2) is 11.1. The third kappa shape index (κ3) is 6.64. The molecule has 174 valence electrons. The van der Waals surface area contributed by atoms with E-state index in [1.54, 1.807) is 42.5 Å². The molecule has 3 aromatic rings. The van der Waals surface area contributed by atoms with Gasteiger partial charge in [0, 0.05) is 19.2 Å². The minimum absolute atomic E-state index is 0.00170. The lowest BCUT2D eigenvalue weighted by Crippen LogP contribution is -2.47. The van der Waals surface area contributed by atoms with Crippen molar-refractivity contribution in [2.75, 3.05) is 17.9 Å². The van der Waals surface area contributed by atoms with Crippen LogP contribution in [0.25, 0.3) is 0 Å². The molecule has 3 aromatic carbocycles. The third-order valence-corrected chi connectivity index (χ3v) is 7.15. The summed E-state index contributed by atoms with van der Waals surface area (Å²) in [6.45, 7) is -0.00170. The maximum Gasteiger partial charge on any atom is 0.251 e. The van der Waals surface area contributed by atoms with Crippen molar-refractivity contribution in [3.8, 4) is 0 Å². The number of nitrogens with two attached hydrogens (primary N) is 1. The maximum absolute atomic E-state index is 13.0. The molecule has 0 unspecified atom stereocenters. The molecule has 33 heavy (non-hydrogen) atoms. The van der Waals surface area contributed by atoms with Crippen LogP contribution in [0.2, 0.25) is 0 Å². The van der Waals surface area contributed by atoms with Crippen LogP contribution in [0.1, 0.15) is 21.5 Å². The quantitative estimate of drug-likeness (QED) is 0.424. The zero-order valence-electron chi connectivity index (χ0n) is 18.5. The van der Waals surface area contributed by atoms with Gasteiger partial charge in [-0.05, 0) is 35.7 Å². The highest BCUT2D eigenvalue weighted by molar-refractivity contribution is 7.92. The summed E-state index contributed by atoms with van der Waals surface area (Å²) < 4.78 is 26.9. The third-order valence-electron chi connectivity index (χ3n) is 5.40. The molecule has 7 nitrogen and oxygen atoms in total. The van der Waals surface area contributed by atoms with Gasteiger partial charge in [0.25, 0.3) is 5.91 Å². The van der Waals surface area contributed by atoms with Gasteiger partial charge in [-0.25, -0.2) is 8.42 Å². The number of aliphatic hydroxyl groups excluding tert-OH is 1. The number of sulfonamides is 1. The molecule has 0 aliphatic rings. The van der Waals surface area contributed by atoms with Crippen molar-refractivity contribution >= 4 is 21.6 Å². The van der Waals surface area contributed by atoms with Gasteiger partial charge in [0.1, 0.15) is 0 Å². The zero-order chi connectivity index (χ0) is 23.8. The van der Waals surface area contributed by atoms with Gasteiger partial charge in [-0.1, -0.05) is 66.7 Å². The number of benzene rings is 3. The lowest BCUT2D eigenvalue weighted by Gasteiger charge is -2.24. The smallest absolute Gasteiger partial charge is 0.251 e. The van der Waals surface area contributed by atoms with E-state index in [1.807, 2.05) is 36.4 Å². The average molecular weight is 468 g/mol. The first-order chi connectivity index (χ1) is 15.8. The van der Waals surface area contributed by atoms with E-state index in [1.165, 1.54) is 17.4 Å². The van der Waals surface area contributed by atoms with E-state index >= 15 is 0 Å². The van der Waals surface area contributed by atoms with Crippen LogP contribution in [0.15, 0.2) is 84.9 Å². The van der Waals surface area contributed by atoms with Crippen molar-refractivity contribution in [1.29, 1.82) is 0 Å². The molecule has 0 fully saturated rings. The molecule has 0 aliphatic carbocycles. The van der Waals surface area contributed by atoms with Gasteiger partial charge >= 0.3 is 0 Å². The lowest BCUT2D eigenvalue weighted by atomic mass is 10.0. The van der Waals surface area contributed by atoms with Crippen molar-refractivity contribution in [2.45, 2.75) is 24.3 Å². The zero-order valence-corrected chi connectivity index (χ0v) is 19.3. The number of amides is 1. The van der Waals surface area contributed by atoms with Gasteiger partial charge in [0.2, 0.25) is 10.0 Å². The summed E-state index contributed by atoms with van der Waals surface area (Å²) in [6.07, 6.45) is -0.512. The number of aliphatic hydroxyl groups is 1. The summed E-state index contributed by atoms with van der Waals surface area (Å²) in [5.74, 6) is -0.568. The molecule has 0 spiro atoms. The summed E-state index contributed by atoms with van der Waals surface area (Å²) in [5, 5.41) is 13.2. The Hall–Kier alpha value is -3.20. The minimum Gasteiger partial charge on any atom is -0.390 e. The van der Waals surface area contributed by atoms with Gasteiger partial charge < -0.3 is 16.2 Å². The molecule has 0 saturated carbocycles. The summed E-state index contributed by atoms with van der Waals surface area (Å²) in [5.41, 5.74) is 7.94. The fraction of sp³-hybridized carbons (Fsp3) is 0.240. The Labute approximate surface area is 194 Å². The Morgan fingerprint density at radius 2 is 1.58 bits per heavy atom. The van der Waals surface area contributed by atoms with Gasteiger partial charge in [-0.15, -0.1) is 0 Å². The van der Waals surface area contributed by atoms with Crippen LogP contribution in [0.3, 0.4) is 0 Å². The fourth-order valence-electron chi connectivity index (χ4n) is 3.45. The van der Waals surface area contributed by atoms with Crippen LogP contribution in [-0.2, 0) is 22.2 Å². The molecule has 4 N–H and O–H groups in total. The van der Waals surface area contributed by atoms with Crippen LogP contribution in [0.5, 0.6) is 0 Å². The van der Waals surface area contributed by atoms with E-state index in [0.717, 1.165) is 5.56 Å². The normalized spacial score (nSPS) is 13.2. The second-order valence-electron chi connectivity index (χ2n) is 7.83. The summed E-state index contributed by atoms with van der Waals surface area (Å²) in [6, 6.07) is 24.2. The number of nitrogens with zero attached hydrogens (tertiary/aromatic N) is 1. The Morgan fingerprint density at radius 3 is 2.18 bits per heavy atom. The second-order valence-corrected chi connectivity index (χ2v) is 9.83. The van der Waals surface area contributed by atoms with E-state index < -0.39 is 28.1 Å². The first-order valence-corrected chi connectivity index (χ1v) is 12.2. The molecule has 0 bridgehead atoms. The molecule has 1 amide bonds. The molecule has 8 heteroatoms. The van der Waals surface area contributed by atoms with E-state index in [-0.39, 0.29) is 17.9 Å². The Kier molecular flexibility index (Phi) is 8.21. The van der Waals surface area contributed by atoms with Crippen molar-refractivity contribution < 1.29 is 18.3 Å². The van der Waals surface area contributed by atoms with Crippen molar-refractivity contribution in [2.24, 2.45) is 5.73 Å². The van der Waals surface area contributed by atoms with Crippen molar-refractivity contribution in [3.63, 3.8) is 0 Å². The molecule has 3 rings (SSSR count). The van der Waals surface area contributed by atoms with Crippen molar-refractivity contribution in [1.82, 2.24) is 5.32 Å². The molecule has 0 heterocycles. The highest BCUT2D eigenvalue weighted by Gasteiger charge is 2.23. The predicted octanol–water partition coefficient (Wildman–Crippen LogP) is 2.31. The van der Waals surface area contributed by atoms with Crippen LogP contribution < -0.4 is 15.4 Å². The SMILES string of the molecule is CN(c1cccc(C(=O)N[C@@H](Cc2ccccc2)[C@H](O)CN)c1)S(=O)(=O)Cc1ccccc1. The van der Waals surface area contributed by atoms with E-state index in [9.17, 15) is 18.3 Å². The minimum atomic E-state index is -3.64. The Balaban J connectivity index is 1.76. The maximum atomic E-state index is 13.0. The van der Waals surface area contributed by atoms with E-state index in [2.05, 4.69) is 5.32 Å². The van der Waals surface area contributed by atoms with Crippen LogP contribution in [0, 0.1) is 0 Å². The largest absolute Gasteiger partial charge is 0.390 e. The number of carbonyl (C=O) groups is 1. The monoisotopic (exact) mass is 467 g/mol.